The second kappa shape index (κ2) is 6.05. The second-order valence-electron chi connectivity index (χ2n) is 3.82. The van der Waals surface area contributed by atoms with Gasteiger partial charge in [-0.2, -0.15) is 13.2 Å². The summed E-state index contributed by atoms with van der Waals surface area (Å²) in [5.41, 5.74) is 0. The number of rotatable bonds is 0. The van der Waals surface area contributed by atoms with Gasteiger partial charge in [0.2, 0.25) is 0 Å². The quantitative estimate of drug-likeness (QED) is 0.663. The monoisotopic (exact) mass is 242 g/mol. The fraction of sp³-hybridized carbons (Fsp3) is 0.889. The van der Waals surface area contributed by atoms with Crippen LogP contribution in [-0.2, 0) is 4.79 Å². The molecule has 0 aromatic heterocycles. The van der Waals surface area contributed by atoms with Crippen LogP contribution in [0.15, 0.2) is 0 Å². The van der Waals surface area contributed by atoms with E-state index in [0.717, 1.165) is 13.1 Å². The van der Waals surface area contributed by atoms with Gasteiger partial charge in [-0.05, 0) is 20.9 Å². The minimum absolute atomic E-state index is 0.703. The van der Waals surface area contributed by atoms with Crippen molar-refractivity contribution in [1.82, 2.24) is 10.2 Å². The van der Waals surface area contributed by atoms with E-state index in [1.165, 1.54) is 0 Å². The summed E-state index contributed by atoms with van der Waals surface area (Å²) in [6, 6.07) is 1.41. The summed E-state index contributed by atoms with van der Waals surface area (Å²) in [5.74, 6) is -2.76. The van der Waals surface area contributed by atoms with Crippen LogP contribution >= 0.6 is 0 Å². The topological polar surface area (TPSA) is 52.6 Å². The summed E-state index contributed by atoms with van der Waals surface area (Å²) in [6.45, 7) is 6.78. The third kappa shape index (κ3) is 5.32. The Morgan fingerprint density at radius 1 is 1.31 bits per heavy atom. The molecule has 0 aliphatic carbocycles. The van der Waals surface area contributed by atoms with Gasteiger partial charge in [0.05, 0.1) is 0 Å². The van der Waals surface area contributed by atoms with Gasteiger partial charge in [0.15, 0.2) is 0 Å². The summed E-state index contributed by atoms with van der Waals surface area (Å²) < 4.78 is 31.7. The van der Waals surface area contributed by atoms with Crippen molar-refractivity contribution in [1.29, 1.82) is 0 Å². The third-order valence-corrected chi connectivity index (χ3v) is 2.51. The van der Waals surface area contributed by atoms with Gasteiger partial charge in [-0.3, -0.25) is 4.90 Å². The van der Waals surface area contributed by atoms with E-state index >= 15 is 0 Å². The van der Waals surface area contributed by atoms with Gasteiger partial charge in [-0.25, -0.2) is 4.79 Å². The predicted molar refractivity (Wildman–Crippen MR) is 53.2 cm³/mol. The molecular formula is C9H17F3N2O2. The minimum atomic E-state index is -5.08. The number of carboxylic acid groups (broad SMARTS) is 1. The first-order valence-corrected chi connectivity index (χ1v) is 4.89. The molecule has 1 saturated heterocycles. The maximum absolute atomic E-state index is 10.6. The largest absolute Gasteiger partial charge is 0.490 e. The summed E-state index contributed by atoms with van der Waals surface area (Å²) in [6.07, 6.45) is -5.08. The Bertz CT molecular complexity index is 223. The van der Waals surface area contributed by atoms with Crippen LogP contribution in [-0.4, -0.2) is 54.4 Å². The summed E-state index contributed by atoms with van der Waals surface area (Å²) in [4.78, 5) is 11.3. The van der Waals surface area contributed by atoms with E-state index < -0.39 is 12.1 Å². The van der Waals surface area contributed by atoms with Crippen molar-refractivity contribution in [3.05, 3.63) is 0 Å². The zero-order chi connectivity index (χ0) is 12.9. The number of halogens is 3. The fourth-order valence-corrected chi connectivity index (χ4v) is 1.22. The molecule has 2 unspecified atom stereocenters. The molecule has 0 bridgehead atoms. The maximum atomic E-state index is 10.6. The second-order valence-corrected chi connectivity index (χ2v) is 3.82. The SMILES string of the molecule is CC1CNCC(C)N1C.O=C(O)C(F)(F)F. The average Bonchev–Trinajstić information content (AvgIpc) is 2.13. The van der Waals surface area contributed by atoms with Crippen LogP contribution in [0.25, 0.3) is 0 Å². The molecular weight excluding hydrogens is 225 g/mol. The van der Waals surface area contributed by atoms with Gasteiger partial charge >= 0.3 is 12.1 Å². The molecule has 7 heteroatoms. The molecule has 0 aromatic rings. The summed E-state index contributed by atoms with van der Waals surface area (Å²) in [5, 5.41) is 10.5. The molecule has 1 fully saturated rings. The van der Waals surface area contributed by atoms with Crippen molar-refractivity contribution in [2.45, 2.75) is 32.1 Å². The van der Waals surface area contributed by atoms with E-state index in [2.05, 4.69) is 31.1 Å². The number of carboxylic acids is 1. The summed E-state index contributed by atoms with van der Waals surface area (Å²) >= 11 is 0. The minimum Gasteiger partial charge on any atom is -0.475 e. The highest BCUT2D eigenvalue weighted by molar-refractivity contribution is 5.73. The van der Waals surface area contributed by atoms with Gasteiger partial charge in [0.25, 0.3) is 0 Å². The lowest BCUT2D eigenvalue weighted by Gasteiger charge is -2.36. The molecule has 2 atom stereocenters. The first-order valence-electron chi connectivity index (χ1n) is 4.89. The molecule has 4 nitrogen and oxygen atoms in total. The van der Waals surface area contributed by atoms with Crippen LogP contribution in [0, 0.1) is 0 Å². The van der Waals surface area contributed by atoms with Crippen LogP contribution in [0.5, 0.6) is 0 Å². The first-order chi connectivity index (χ1) is 7.16. The smallest absolute Gasteiger partial charge is 0.475 e. The average molecular weight is 242 g/mol. The molecule has 0 radical (unpaired) electrons. The van der Waals surface area contributed by atoms with E-state index in [9.17, 15) is 13.2 Å². The number of piperazine rings is 1. The highest BCUT2D eigenvalue weighted by Crippen LogP contribution is 2.13. The number of hydrogen-bond donors (Lipinski definition) is 2. The Kier molecular flexibility index (Phi) is 5.74. The van der Waals surface area contributed by atoms with E-state index in [4.69, 9.17) is 9.90 Å². The number of hydrogen-bond acceptors (Lipinski definition) is 3. The van der Waals surface area contributed by atoms with Crippen LogP contribution in [0.2, 0.25) is 0 Å². The molecule has 0 saturated carbocycles. The number of nitrogens with one attached hydrogen (secondary N) is 1. The lowest BCUT2D eigenvalue weighted by Crippen LogP contribution is -2.52. The van der Waals surface area contributed by atoms with Crippen LogP contribution in [0.1, 0.15) is 13.8 Å². The van der Waals surface area contributed by atoms with Crippen LogP contribution in [0.4, 0.5) is 13.2 Å². The Morgan fingerprint density at radius 3 is 1.81 bits per heavy atom. The highest BCUT2D eigenvalue weighted by atomic mass is 19.4. The molecule has 2 N–H and O–H groups in total. The number of carbonyl (C=O) groups is 1. The Hall–Kier alpha value is -0.820. The standard InChI is InChI=1S/C7H16N2.C2HF3O2/c1-6-4-8-5-7(2)9(6)3;3-2(4,5)1(6)7/h6-8H,4-5H2,1-3H3;(H,6,7). The molecule has 16 heavy (non-hydrogen) atoms. The van der Waals surface area contributed by atoms with E-state index in [1.807, 2.05) is 0 Å². The molecule has 0 amide bonds. The first kappa shape index (κ1) is 15.2. The van der Waals surface area contributed by atoms with Crippen LogP contribution in [0.3, 0.4) is 0 Å². The van der Waals surface area contributed by atoms with Crippen molar-refractivity contribution in [2.75, 3.05) is 20.1 Å². The number of alkyl halides is 3. The molecule has 96 valence electrons. The molecule has 1 aliphatic rings. The van der Waals surface area contributed by atoms with Crippen molar-refractivity contribution < 1.29 is 23.1 Å². The Labute approximate surface area is 92.4 Å². The number of likely N-dealkylation sites (N-methyl/N-ethyl adjacent to an activating group) is 1. The molecule has 0 aromatic carbocycles. The third-order valence-electron chi connectivity index (χ3n) is 2.51. The predicted octanol–water partition coefficient (Wildman–Crippen LogP) is 0.932. The van der Waals surface area contributed by atoms with Crippen molar-refractivity contribution >= 4 is 5.97 Å². The van der Waals surface area contributed by atoms with Crippen molar-refractivity contribution in [2.24, 2.45) is 0 Å². The van der Waals surface area contributed by atoms with Crippen molar-refractivity contribution in [3.8, 4) is 0 Å². The summed E-state index contributed by atoms with van der Waals surface area (Å²) in [7, 11) is 2.19. The maximum Gasteiger partial charge on any atom is 0.490 e. The van der Waals surface area contributed by atoms with E-state index in [-0.39, 0.29) is 0 Å². The number of nitrogens with zero attached hydrogens (tertiary/aromatic N) is 1. The molecule has 0 spiro atoms. The van der Waals surface area contributed by atoms with Gasteiger partial charge in [0, 0.05) is 25.2 Å². The lowest BCUT2D eigenvalue weighted by molar-refractivity contribution is -0.192. The van der Waals surface area contributed by atoms with E-state index in [0.29, 0.717) is 12.1 Å². The molecule has 1 heterocycles. The zero-order valence-corrected chi connectivity index (χ0v) is 9.51. The van der Waals surface area contributed by atoms with Crippen LogP contribution < -0.4 is 5.32 Å². The number of aliphatic carboxylic acids is 1. The zero-order valence-electron chi connectivity index (χ0n) is 9.51. The Morgan fingerprint density at radius 2 is 1.62 bits per heavy atom. The Balaban J connectivity index is 0.000000293. The van der Waals surface area contributed by atoms with Gasteiger partial charge in [-0.1, -0.05) is 0 Å². The lowest BCUT2D eigenvalue weighted by atomic mass is 10.1. The molecule has 1 aliphatic heterocycles. The normalized spacial score (nSPS) is 26.9. The van der Waals surface area contributed by atoms with E-state index in [1.54, 1.807) is 0 Å². The highest BCUT2D eigenvalue weighted by Gasteiger charge is 2.38. The van der Waals surface area contributed by atoms with Gasteiger partial charge < -0.3 is 10.4 Å². The van der Waals surface area contributed by atoms with Gasteiger partial charge in [-0.15, -0.1) is 0 Å². The van der Waals surface area contributed by atoms with Crippen molar-refractivity contribution in [3.63, 3.8) is 0 Å². The fourth-order valence-electron chi connectivity index (χ4n) is 1.22. The van der Waals surface area contributed by atoms with Gasteiger partial charge in [0.1, 0.15) is 0 Å². The molecule has 1 rings (SSSR count).